The van der Waals surface area contributed by atoms with Crippen LogP contribution in [-0.2, 0) is 9.63 Å². The molecule has 0 fully saturated rings. The number of pyridine rings is 1. The van der Waals surface area contributed by atoms with Gasteiger partial charge in [0.1, 0.15) is 0 Å². The summed E-state index contributed by atoms with van der Waals surface area (Å²) in [5.41, 5.74) is 0.982. The predicted molar refractivity (Wildman–Crippen MR) is 77.6 cm³/mol. The first-order valence-corrected chi connectivity index (χ1v) is 6.74. The van der Waals surface area contributed by atoms with Gasteiger partial charge >= 0.3 is 0 Å². The first-order valence-electron chi connectivity index (χ1n) is 6.74. The Kier molecular flexibility index (Phi) is 4.55. The van der Waals surface area contributed by atoms with Crippen LogP contribution in [0.3, 0.4) is 0 Å². The molecule has 6 heteroatoms. The van der Waals surface area contributed by atoms with Crippen LogP contribution in [0, 0.1) is 0 Å². The van der Waals surface area contributed by atoms with Gasteiger partial charge in [0.2, 0.25) is 5.60 Å². The average Bonchev–Trinajstić information content (AvgIpc) is 2.80. The summed E-state index contributed by atoms with van der Waals surface area (Å²) in [5.74, 6) is -0.112. The number of carbonyl (C=O) groups excluding carboxylic acids is 1. The third kappa shape index (κ3) is 3.69. The van der Waals surface area contributed by atoms with E-state index in [-0.39, 0.29) is 5.91 Å². The molecule has 20 heavy (non-hydrogen) atoms. The monoisotopic (exact) mass is 276 g/mol. The van der Waals surface area contributed by atoms with Crippen LogP contribution in [0.1, 0.15) is 26.7 Å². The predicted octanol–water partition coefficient (Wildman–Crippen LogP) is 1.55. The molecule has 2 rings (SSSR count). The van der Waals surface area contributed by atoms with Crippen LogP contribution >= 0.6 is 0 Å². The fourth-order valence-corrected chi connectivity index (χ4v) is 2.03. The zero-order valence-corrected chi connectivity index (χ0v) is 11.8. The first kappa shape index (κ1) is 14.3. The third-order valence-electron chi connectivity index (χ3n) is 3.11. The van der Waals surface area contributed by atoms with E-state index < -0.39 is 5.60 Å². The van der Waals surface area contributed by atoms with Crippen LogP contribution in [0.4, 0.5) is 5.69 Å². The van der Waals surface area contributed by atoms with E-state index in [4.69, 9.17) is 4.84 Å². The van der Waals surface area contributed by atoms with Crippen LogP contribution in [0.15, 0.2) is 29.7 Å². The minimum absolute atomic E-state index is 0.112. The first-order chi connectivity index (χ1) is 9.60. The van der Waals surface area contributed by atoms with Crippen molar-refractivity contribution >= 4 is 17.3 Å². The highest BCUT2D eigenvalue weighted by Crippen LogP contribution is 2.23. The van der Waals surface area contributed by atoms with Gasteiger partial charge in [0.15, 0.2) is 0 Å². The molecule has 0 aliphatic carbocycles. The van der Waals surface area contributed by atoms with Crippen molar-refractivity contribution in [1.82, 2.24) is 10.3 Å². The Morgan fingerprint density at radius 2 is 2.35 bits per heavy atom. The summed E-state index contributed by atoms with van der Waals surface area (Å²) >= 11 is 0. The van der Waals surface area contributed by atoms with E-state index >= 15 is 0 Å². The van der Waals surface area contributed by atoms with Crippen molar-refractivity contribution in [1.29, 1.82) is 0 Å². The van der Waals surface area contributed by atoms with E-state index in [2.05, 4.69) is 20.8 Å². The van der Waals surface area contributed by atoms with Crippen LogP contribution in [0.25, 0.3) is 0 Å². The zero-order valence-electron chi connectivity index (χ0n) is 11.8. The summed E-state index contributed by atoms with van der Waals surface area (Å²) in [6.07, 6.45) is 4.88. The Balaban J connectivity index is 1.63. The van der Waals surface area contributed by atoms with E-state index in [0.29, 0.717) is 13.0 Å². The van der Waals surface area contributed by atoms with Gasteiger partial charge in [0.25, 0.3) is 5.91 Å². The molecule has 1 amide bonds. The van der Waals surface area contributed by atoms with Gasteiger partial charge in [-0.25, -0.2) is 0 Å². The molecule has 1 aromatic heterocycles. The van der Waals surface area contributed by atoms with Crippen molar-refractivity contribution in [3.05, 3.63) is 24.5 Å². The minimum Gasteiger partial charge on any atom is -0.384 e. The summed E-state index contributed by atoms with van der Waals surface area (Å²) < 4.78 is 0. The number of carbonyl (C=O) groups is 1. The van der Waals surface area contributed by atoms with E-state index in [9.17, 15) is 4.79 Å². The summed E-state index contributed by atoms with van der Waals surface area (Å²) in [5, 5.41) is 9.95. The number of hydrogen-bond acceptors (Lipinski definition) is 5. The number of rotatable bonds is 6. The maximum absolute atomic E-state index is 12.0. The fourth-order valence-electron chi connectivity index (χ4n) is 2.03. The van der Waals surface area contributed by atoms with Crippen molar-refractivity contribution in [2.75, 3.05) is 18.4 Å². The molecule has 0 bridgehead atoms. The van der Waals surface area contributed by atoms with Gasteiger partial charge in [-0.3, -0.25) is 9.78 Å². The van der Waals surface area contributed by atoms with Crippen molar-refractivity contribution in [3.8, 4) is 0 Å². The molecule has 1 aromatic rings. The minimum atomic E-state index is -0.846. The van der Waals surface area contributed by atoms with Gasteiger partial charge in [0, 0.05) is 31.9 Å². The molecule has 108 valence electrons. The van der Waals surface area contributed by atoms with Gasteiger partial charge in [-0.1, -0.05) is 5.16 Å². The zero-order chi connectivity index (χ0) is 14.4. The maximum atomic E-state index is 12.0. The van der Waals surface area contributed by atoms with Crippen LogP contribution < -0.4 is 10.6 Å². The van der Waals surface area contributed by atoms with E-state index in [1.807, 2.05) is 19.1 Å². The number of nitrogens with one attached hydrogen (secondary N) is 2. The number of oxime groups is 1. The molecule has 1 atom stereocenters. The highest BCUT2D eigenvalue weighted by molar-refractivity contribution is 5.94. The molecule has 2 heterocycles. The molecule has 1 unspecified atom stereocenters. The number of amides is 1. The molecule has 1 aliphatic heterocycles. The van der Waals surface area contributed by atoms with Gasteiger partial charge in [0.05, 0.1) is 11.4 Å². The SMILES string of the molecule is CC1=NOC(C)(C(=O)NCCCNc2cccnc2)C1. The highest BCUT2D eigenvalue weighted by atomic mass is 16.7. The quantitative estimate of drug-likeness (QED) is 0.773. The Bertz CT molecular complexity index is 489. The van der Waals surface area contributed by atoms with Crippen molar-refractivity contribution < 1.29 is 9.63 Å². The standard InChI is InChI=1S/C14H20N4O2/c1-11-9-14(2,20-18-11)13(19)17-8-4-7-16-12-5-3-6-15-10-12/h3,5-6,10,16H,4,7-9H2,1-2H3,(H,17,19). The van der Waals surface area contributed by atoms with Crippen molar-refractivity contribution in [2.24, 2.45) is 5.16 Å². The second-order valence-corrected chi connectivity index (χ2v) is 5.10. The Morgan fingerprint density at radius 1 is 1.50 bits per heavy atom. The lowest BCUT2D eigenvalue weighted by molar-refractivity contribution is -0.141. The molecule has 2 N–H and O–H groups in total. The largest absolute Gasteiger partial charge is 0.384 e. The van der Waals surface area contributed by atoms with Gasteiger partial charge in [-0.05, 0) is 32.4 Å². The fraction of sp³-hybridized carbons (Fsp3) is 0.500. The molecular formula is C14H20N4O2. The molecule has 6 nitrogen and oxygen atoms in total. The highest BCUT2D eigenvalue weighted by Gasteiger charge is 2.40. The Labute approximate surface area is 118 Å². The molecule has 1 aliphatic rings. The molecule has 0 saturated heterocycles. The molecule has 0 spiro atoms. The maximum Gasteiger partial charge on any atom is 0.267 e. The molecule has 0 saturated carbocycles. The average molecular weight is 276 g/mol. The van der Waals surface area contributed by atoms with Crippen LogP contribution in [-0.4, -0.2) is 35.3 Å². The molecule has 0 radical (unpaired) electrons. The van der Waals surface area contributed by atoms with Crippen molar-refractivity contribution in [3.63, 3.8) is 0 Å². The van der Waals surface area contributed by atoms with E-state index in [1.54, 1.807) is 19.3 Å². The number of anilines is 1. The van der Waals surface area contributed by atoms with E-state index in [0.717, 1.165) is 24.4 Å². The summed E-state index contributed by atoms with van der Waals surface area (Å²) in [6, 6.07) is 3.84. The normalized spacial score (nSPS) is 21.0. The second kappa shape index (κ2) is 6.36. The lowest BCUT2D eigenvalue weighted by atomic mass is 9.99. The van der Waals surface area contributed by atoms with E-state index in [1.165, 1.54) is 0 Å². The van der Waals surface area contributed by atoms with Gasteiger partial charge in [-0.2, -0.15) is 0 Å². The Hall–Kier alpha value is -2.11. The van der Waals surface area contributed by atoms with Crippen LogP contribution in [0.5, 0.6) is 0 Å². The number of nitrogens with zero attached hydrogens (tertiary/aromatic N) is 2. The number of aromatic nitrogens is 1. The topological polar surface area (TPSA) is 75.6 Å². The lowest BCUT2D eigenvalue weighted by Gasteiger charge is -2.20. The van der Waals surface area contributed by atoms with Crippen molar-refractivity contribution in [2.45, 2.75) is 32.3 Å². The molecular weight excluding hydrogens is 256 g/mol. The summed E-state index contributed by atoms with van der Waals surface area (Å²) in [7, 11) is 0. The summed E-state index contributed by atoms with van der Waals surface area (Å²) in [4.78, 5) is 21.2. The Morgan fingerprint density at radius 3 is 3.00 bits per heavy atom. The van der Waals surface area contributed by atoms with Gasteiger partial charge in [-0.15, -0.1) is 0 Å². The second-order valence-electron chi connectivity index (χ2n) is 5.10. The molecule has 0 aromatic carbocycles. The van der Waals surface area contributed by atoms with Crippen LogP contribution in [0.2, 0.25) is 0 Å². The smallest absolute Gasteiger partial charge is 0.267 e. The number of hydrogen-bond donors (Lipinski definition) is 2. The summed E-state index contributed by atoms with van der Waals surface area (Å²) in [6.45, 7) is 5.00. The third-order valence-corrected chi connectivity index (χ3v) is 3.11. The lowest BCUT2D eigenvalue weighted by Crippen LogP contribution is -2.45. The van der Waals surface area contributed by atoms with Gasteiger partial charge < -0.3 is 15.5 Å².